The fourth-order valence-corrected chi connectivity index (χ4v) is 2.55. The van der Waals surface area contributed by atoms with Gasteiger partial charge < -0.3 is 4.42 Å². The molecule has 0 unspecified atom stereocenters. The summed E-state index contributed by atoms with van der Waals surface area (Å²) >= 11 is 0. The second-order valence-corrected chi connectivity index (χ2v) is 5.42. The number of hydrogen-bond acceptors (Lipinski definition) is 3. The highest BCUT2D eigenvalue weighted by atomic mass is 16.3. The average molecular weight is 306 g/mol. The van der Waals surface area contributed by atoms with E-state index < -0.39 is 0 Å². The molecule has 0 saturated carbocycles. The lowest BCUT2D eigenvalue weighted by molar-refractivity contribution is 0.0974. The van der Waals surface area contributed by atoms with Crippen LogP contribution in [0.15, 0.2) is 71.5 Å². The molecule has 0 bridgehead atoms. The van der Waals surface area contributed by atoms with Crippen molar-refractivity contribution < 1.29 is 9.21 Å². The van der Waals surface area contributed by atoms with Crippen LogP contribution >= 0.6 is 0 Å². The number of hydrogen-bond donors (Lipinski definition) is 0. The van der Waals surface area contributed by atoms with Crippen LogP contribution in [0.4, 0.5) is 5.82 Å². The average Bonchev–Trinajstić information content (AvgIpc) is 3.10. The van der Waals surface area contributed by atoms with Crippen molar-refractivity contribution in [3.63, 3.8) is 0 Å². The largest absolute Gasteiger partial charge is 0.467 e. The summed E-state index contributed by atoms with van der Waals surface area (Å²) in [6.07, 6.45) is 3.29. The molecular weight excluding hydrogens is 288 g/mol. The Morgan fingerprint density at radius 2 is 2.00 bits per heavy atom. The zero-order valence-corrected chi connectivity index (χ0v) is 13.1. The number of furan rings is 1. The van der Waals surface area contributed by atoms with Gasteiger partial charge in [0.2, 0.25) is 0 Å². The van der Waals surface area contributed by atoms with E-state index in [-0.39, 0.29) is 11.9 Å². The Labute approximate surface area is 135 Å². The quantitative estimate of drug-likeness (QED) is 0.718. The lowest BCUT2D eigenvalue weighted by Gasteiger charge is -2.27. The van der Waals surface area contributed by atoms with E-state index in [1.54, 1.807) is 17.4 Å². The normalized spacial score (nSPS) is 11.9. The van der Waals surface area contributed by atoms with Gasteiger partial charge in [0, 0.05) is 11.8 Å². The van der Waals surface area contributed by atoms with E-state index in [1.165, 1.54) is 0 Å². The van der Waals surface area contributed by atoms with Crippen molar-refractivity contribution in [1.82, 2.24) is 4.98 Å². The van der Waals surface area contributed by atoms with E-state index in [2.05, 4.69) is 4.98 Å². The third-order valence-electron chi connectivity index (χ3n) is 3.72. The van der Waals surface area contributed by atoms with Crippen molar-refractivity contribution in [2.45, 2.75) is 19.9 Å². The van der Waals surface area contributed by atoms with Crippen molar-refractivity contribution in [2.75, 3.05) is 4.90 Å². The minimum Gasteiger partial charge on any atom is -0.467 e. The highest BCUT2D eigenvalue weighted by Crippen LogP contribution is 2.27. The summed E-state index contributed by atoms with van der Waals surface area (Å²) in [7, 11) is 0. The number of aryl methyl sites for hydroxylation is 1. The summed E-state index contributed by atoms with van der Waals surface area (Å²) in [5, 5.41) is 0. The van der Waals surface area contributed by atoms with E-state index in [0.29, 0.717) is 11.4 Å². The summed E-state index contributed by atoms with van der Waals surface area (Å²) in [4.78, 5) is 19.1. The van der Waals surface area contributed by atoms with E-state index in [4.69, 9.17) is 4.42 Å². The molecule has 4 nitrogen and oxygen atoms in total. The zero-order chi connectivity index (χ0) is 16.2. The Morgan fingerprint density at radius 3 is 2.65 bits per heavy atom. The van der Waals surface area contributed by atoms with Gasteiger partial charge in [-0.05, 0) is 50.2 Å². The van der Waals surface area contributed by atoms with Crippen molar-refractivity contribution >= 4 is 11.7 Å². The summed E-state index contributed by atoms with van der Waals surface area (Å²) in [6.45, 7) is 3.90. The molecule has 3 aromatic rings. The van der Waals surface area contributed by atoms with Gasteiger partial charge in [-0.2, -0.15) is 0 Å². The molecule has 0 aliphatic heterocycles. The van der Waals surface area contributed by atoms with Gasteiger partial charge in [0.1, 0.15) is 11.6 Å². The predicted molar refractivity (Wildman–Crippen MR) is 89.3 cm³/mol. The van der Waals surface area contributed by atoms with Crippen LogP contribution in [0.1, 0.15) is 34.6 Å². The molecule has 1 aromatic carbocycles. The standard InChI is InChI=1S/C19H18N2O2/c1-14-7-5-8-16(13-14)19(22)21(18-10-3-4-11-20-18)15(2)17-9-6-12-23-17/h3-13,15H,1-2H3/t15-/m0/s1. The highest BCUT2D eigenvalue weighted by molar-refractivity contribution is 6.06. The Balaban J connectivity index is 2.03. The zero-order valence-electron chi connectivity index (χ0n) is 13.1. The third kappa shape index (κ3) is 3.16. The molecule has 0 aliphatic rings. The van der Waals surface area contributed by atoms with Gasteiger partial charge >= 0.3 is 0 Å². The SMILES string of the molecule is Cc1cccc(C(=O)N(c2ccccn2)[C@@H](C)c2ccco2)c1. The summed E-state index contributed by atoms with van der Waals surface area (Å²) < 4.78 is 5.49. The minimum absolute atomic E-state index is 0.101. The number of aromatic nitrogens is 1. The molecule has 2 heterocycles. The molecule has 0 radical (unpaired) electrons. The highest BCUT2D eigenvalue weighted by Gasteiger charge is 2.27. The molecule has 2 aromatic heterocycles. The Kier molecular flexibility index (Phi) is 4.24. The molecule has 1 atom stereocenters. The lowest BCUT2D eigenvalue weighted by atomic mass is 10.1. The van der Waals surface area contributed by atoms with Crippen molar-refractivity contribution in [1.29, 1.82) is 0 Å². The van der Waals surface area contributed by atoms with Crippen LogP contribution in [-0.4, -0.2) is 10.9 Å². The lowest BCUT2D eigenvalue weighted by Crippen LogP contribution is -2.34. The summed E-state index contributed by atoms with van der Waals surface area (Å²) in [5.41, 5.74) is 1.68. The monoisotopic (exact) mass is 306 g/mol. The van der Waals surface area contributed by atoms with Gasteiger partial charge in [0.05, 0.1) is 12.3 Å². The number of carbonyl (C=O) groups is 1. The molecule has 0 fully saturated rings. The third-order valence-corrected chi connectivity index (χ3v) is 3.72. The Hall–Kier alpha value is -2.88. The van der Waals surface area contributed by atoms with Crippen LogP contribution in [0, 0.1) is 6.92 Å². The van der Waals surface area contributed by atoms with Gasteiger partial charge in [-0.15, -0.1) is 0 Å². The maximum absolute atomic E-state index is 13.1. The molecule has 0 saturated heterocycles. The topological polar surface area (TPSA) is 46.3 Å². The van der Waals surface area contributed by atoms with Gasteiger partial charge in [0.25, 0.3) is 5.91 Å². The first-order chi connectivity index (χ1) is 11.2. The van der Waals surface area contributed by atoms with E-state index in [9.17, 15) is 4.79 Å². The second kappa shape index (κ2) is 6.48. The first-order valence-corrected chi connectivity index (χ1v) is 7.51. The number of nitrogens with zero attached hydrogens (tertiary/aromatic N) is 2. The maximum Gasteiger partial charge on any atom is 0.260 e. The molecule has 0 N–H and O–H groups in total. The van der Waals surface area contributed by atoms with E-state index in [0.717, 1.165) is 11.3 Å². The van der Waals surface area contributed by atoms with Crippen LogP contribution in [0.3, 0.4) is 0 Å². The van der Waals surface area contributed by atoms with Crippen LogP contribution in [0.5, 0.6) is 0 Å². The molecule has 23 heavy (non-hydrogen) atoms. The van der Waals surface area contributed by atoms with E-state index in [1.807, 2.05) is 68.4 Å². The van der Waals surface area contributed by atoms with Crippen LogP contribution in [0.2, 0.25) is 0 Å². The number of anilines is 1. The van der Waals surface area contributed by atoms with Gasteiger partial charge in [-0.1, -0.05) is 23.8 Å². The number of carbonyl (C=O) groups excluding carboxylic acids is 1. The first-order valence-electron chi connectivity index (χ1n) is 7.51. The van der Waals surface area contributed by atoms with Gasteiger partial charge in [-0.3, -0.25) is 9.69 Å². The van der Waals surface area contributed by atoms with Crippen molar-refractivity contribution in [3.05, 3.63) is 83.9 Å². The minimum atomic E-state index is -0.257. The number of benzene rings is 1. The van der Waals surface area contributed by atoms with Crippen LogP contribution in [0.25, 0.3) is 0 Å². The predicted octanol–water partition coefficient (Wildman–Crippen LogP) is 4.39. The van der Waals surface area contributed by atoms with Gasteiger partial charge in [0.15, 0.2) is 0 Å². The smallest absolute Gasteiger partial charge is 0.260 e. The van der Waals surface area contributed by atoms with Gasteiger partial charge in [-0.25, -0.2) is 4.98 Å². The number of pyridine rings is 1. The Morgan fingerprint density at radius 1 is 1.13 bits per heavy atom. The number of rotatable bonds is 4. The van der Waals surface area contributed by atoms with Crippen molar-refractivity contribution in [3.8, 4) is 0 Å². The van der Waals surface area contributed by atoms with Crippen molar-refractivity contribution in [2.24, 2.45) is 0 Å². The second-order valence-electron chi connectivity index (χ2n) is 5.42. The van der Waals surface area contributed by atoms with Crippen LogP contribution in [-0.2, 0) is 0 Å². The summed E-state index contributed by atoms with van der Waals surface area (Å²) in [5.74, 6) is 1.22. The van der Waals surface area contributed by atoms with Crippen LogP contribution < -0.4 is 4.90 Å². The van der Waals surface area contributed by atoms with E-state index >= 15 is 0 Å². The molecule has 116 valence electrons. The first kappa shape index (κ1) is 15.0. The molecule has 3 rings (SSSR count). The Bertz CT molecular complexity index is 782. The molecule has 0 aliphatic carbocycles. The maximum atomic E-state index is 13.1. The number of amides is 1. The fourth-order valence-electron chi connectivity index (χ4n) is 2.55. The molecule has 4 heteroatoms. The fraction of sp³-hybridized carbons (Fsp3) is 0.158. The summed E-state index contributed by atoms with van der Waals surface area (Å²) in [6, 6.07) is 16.5. The molecule has 1 amide bonds. The molecular formula is C19H18N2O2. The molecule has 0 spiro atoms.